The highest BCUT2D eigenvalue weighted by atomic mass is 32.2. The number of aliphatic hydroxyl groups excluding tert-OH is 1. The van der Waals surface area contributed by atoms with E-state index < -0.39 is 26.6 Å². The second-order valence-electron chi connectivity index (χ2n) is 3.89. The molecule has 0 aliphatic heterocycles. The van der Waals surface area contributed by atoms with Crippen molar-refractivity contribution in [2.45, 2.75) is 18.4 Å². The van der Waals surface area contributed by atoms with E-state index >= 15 is 0 Å². The molecule has 18 heavy (non-hydrogen) atoms. The molecule has 0 bridgehead atoms. The van der Waals surface area contributed by atoms with Crippen LogP contribution in [0.1, 0.15) is 23.7 Å². The van der Waals surface area contributed by atoms with Gasteiger partial charge in [-0.15, -0.1) is 0 Å². The predicted octanol–water partition coefficient (Wildman–Crippen LogP) is -0.595. The van der Waals surface area contributed by atoms with E-state index in [1.807, 2.05) is 0 Å². The largest absolute Gasteiger partial charge is 0.478 e. The zero-order valence-corrected chi connectivity index (χ0v) is 10.6. The van der Waals surface area contributed by atoms with E-state index in [0.29, 0.717) is 6.42 Å². The van der Waals surface area contributed by atoms with E-state index in [-0.39, 0.29) is 19.1 Å². The molecule has 0 fully saturated rings. The van der Waals surface area contributed by atoms with Crippen molar-refractivity contribution in [1.82, 2.24) is 14.9 Å². The van der Waals surface area contributed by atoms with E-state index in [0.717, 1.165) is 6.20 Å². The Labute approximate surface area is 104 Å². The average Bonchev–Trinajstić information content (AvgIpc) is 2.76. The second-order valence-corrected chi connectivity index (χ2v) is 5.59. The molecule has 8 nitrogen and oxygen atoms in total. The first-order chi connectivity index (χ1) is 8.38. The summed E-state index contributed by atoms with van der Waals surface area (Å²) < 4.78 is 25.9. The lowest BCUT2D eigenvalue weighted by atomic mass is 10.1. The zero-order chi connectivity index (χ0) is 13.8. The molecule has 0 aliphatic carbocycles. The molecule has 0 aromatic carbocycles. The third-order valence-corrected chi connectivity index (χ3v) is 3.74. The van der Waals surface area contributed by atoms with Crippen LogP contribution in [0.15, 0.2) is 11.2 Å². The maximum Gasteiger partial charge on any atom is 0.340 e. The molecule has 0 saturated carbocycles. The number of aromatic amines is 1. The highest BCUT2D eigenvalue weighted by molar-refractivity contribution is 7.89. The molecule has 0 spiro atoms. The van der Waals surface area contributed by atoms with Gasteiger partial charge in [0.2, 0.25) is 0 Å². The summed E-state index contributed by atoms with van der Waals surface area (Å²) in [7, 11) is -3.94. The zero-order valence-electron chi connectivity index (χ0n) is 9.75. The van der Waals surface area contributed by atoms with Gasteiger partial charge in [-0.1, -0.05) is 6.92 Å². The van der Waals surface area contributed by atoms with Crippen LogP contribution in [0, 0.1) is 5.92 Å². The van der Waals surface area contributed by atoms with Crippen molar-refractivity contribution < 1.29 is 23.4 Å². The molecule has 1 rings (SSSR count). The van der Waals surface area contributed by atoms with Gasteiger partial charge in [-0.2, -0.15) is 5.10 Å². The minimum atomic E-state index is -3.94. The normalized spacial score (nSPS) is 13.4. The van der Waals surface area contributed by atoms with Crippen molar-refractivity contribution in [3.63, 3.8) is 0 Å². The number of hydrogen-bond donors (Lipinski definition) is 4. The number of aliphatic hydroxyl groups is 1. The summed E-state index contributed by atoms with van der Waals surface area (Å²) in [6.45, 7) is 1.85. The number of aromatic carboxylic acids is 1. The molecule has 102 valence electrons. The number of carbonyl (C=O) groups is 1. The Hall–Kier alpha value is -1.45. The van der Waals surface area contributed by atoms with Gasteiger partial charge in [0.1, 0.15) is 5.56 Å². The monoisotopic (exact) mass is 277 g/mol. The number of sulfonamides is 1. The van der Waals surface area contributed by atoms with Gasteiger partial charge in [0.15, 0.2) is 5.03 Å². The van der Waals surface area contributed by atoms with Crippen molar-refractivity contribution in [2.24, 2.45) is 5.92 Å². The van der Waals surface area contributed by atoms with E-state index in [1.165, 1.54) is 0 Å². The number of carboxylic acids is 1. The van der Waals surface area contributed by atoms with Gasteiger partial charge >= 0.3 is 5.97 Å². The molecule has 9 heteroatoms. The molecule has 1 unspecified atom stereocenters. The summed E-state index contributed by atoms with van der Waals surface area (Å²) >= 11 is 0. The van der Waals surface area contributed by atoms with Crippen LogP contribution in [0.2, 0.25) is 0 Å². The van der Waals surface area contributed by atoms with Gasteiger partial charge in [-0.05, 0) is 12.3 Å². The molecular formula is C9H15N3O5S. The van der Waals surface area contributed by atoms with E-state index in [9.17, 15) is 13.2 Å². The second kappa shape index (κ2) is 5.94. The van der Waals surface area contributed by atoms with Crippen molar-refractivity contribution in [2.75, 3.05) is 13.2 Å². The third-order valence-electron chi connectivity index (χ3n) is 2.35. The van der Waals surface area contributed by atoms with Gasteiger partial charge in [0, 0.05) is 13.2 Å². The summed E-state index contributed by atoms with van der Waals surface area (Å²) in [5, 5.41) is 22.6. The van der Waals surface area contributed by atoms with Crippen molar-refractivity contribution in [3.8, 4) is 0 Å². The molecule has 1 atom stereocenters. The van der Waals surface area contributed by atoms with Crippen LogP contribution in [0.3, 0.4) is 0 Å². The van der Waals surface area contributed by atoms with Gasteiger partial charge < -0.3 is 10.2 Å². The van der Waals surface area contributed by atoms with Gasteiger partial charge in [0.25, 0.3) is 10.0 Å². The molecule has 1 aromatic rings. The van der Waals surface area contributed by atoms with Crippen molar-refractivity contribution in [1.29, 1.82) is 0 Å². The lowest BCUT2D eigenvalue weighted by Crippen LogP contribution is -2.30. The Morgan fingerprint density at radius 1 is 1.61 bits per heavy atom. The number of aromatic nitrogens is 2. The van der Waals surface area contributed by atoms with Crippen LogP contribution in [-0.4, -0.2) is 47.9 Å². The molecule has 0 aliphatic rings. The first-order valence-corrected chi connectivity index (χ1v) is 6.74. The van der Waals surface area contributed by atoms with Crippen LogP contribution in [0.25, 0.3) is 0 Å². The van der Waals surface area contributed by atoms with E-state index in [1.54, 1.807) is 6.92 Å². The molecule has 0 amide bonds. The molecule has 1 heterocycles. The predicted molar refractivity (Wildman–Crippen MR) is 61.6 cm³/mol. The Morgan fingerprint density at radius 2 is 2.28 bits per heavy atom. The molecule has 4 N–H and O–H groups in total. The lowest BCUT2D eigenvalue weighted by molar-refractivity contribution is 0.0692. The van der Waals surface area contributed by atoms with Crippen molar-refractivity contribution in [3.05, 3.63) is 11.8 Å². The van der Waals surface area contributed by atoms with Crippen LogP contribution in [0.4, 0.5) is 0 Å². The van der Waals surface area contributed by atoms with Gasteiger partial charge in [0.05, 0.1) is 6.20 Å². The minimum Gasteiger partial charge on any atom is -0.478 e. The smallest absolute Gasteiger partial charge is 0.340 e. The minimum absolute atomic E-state index is 0.0344. The summed E-state index contributed by atoms with van der Waals surface area (Å²) in [6.07, 6.45) is 1.39. The first kappa shape index (κ1) is 14.6. The number of hydrogen-bond acceptors (Lipinski definition) is 5. The van der Waals surface area contributed by atoms with Gasteiger partial charge in [-0.3, -0.25) is 5.10 Å². The number of nitrogens with zero attached hydrogens (tertiary/aromatic N) is 1. The quantitative estimate of drug-likeness (QED) is 0.526. The fourth-order valence-corrected chi connectivity index (χ4v) is 2.53. The number of carboxylic acid groups (broad SMARTS) is 1. The number of rotatable bonds is 7. The molecule has 0 saturated heterocycles. The standard InChI is InChI=1S/C9H15N3O5S/c1-6(2-3-13)4-11-18(16,17)8-7(9(14)15)5-10-12-8/h5-6,11,13H,2-4H2,1H3,(H,10,12)(H,14,15). The van der Waals surface area contributed by atoms with Crippen LogP contribution >= 0.6 is 0 Å². The first-order valence-electron chi connectivity index (χ1n) is 5.25. The fraction of sp³-hybridized carbons (Fsp3) is 0.556. The molecule has 1 aromatic heterocycles. The Balaban J connectivity index is 2.80. The Bertz CT molecular complexity index is 510. The van der Waals surface area contributed by atoms with E-state index in [2.05, 4.69) is 14.9 Å². The number of nitrogens with one attached hydrogen (secondary N) is 2. The summed E-state index contributed by atoms with van der Waals surface area (Å²) in [5.74, 6) is -1.42. The van der Waals surface area contributed by atoms with Crippen LogP contribution < -0.4 is 4.72 Å². The highest BCUT2D eigenvalue weighted by Gasteiger charge is 2.24. The average molecular weight is 277 g/mol. The maximum absolute atomic E-state index is 11.8. The van der Waals surface area contributed by atoms with Gasteiger partial charge in [-0.25, -0.2) is 17.9 Å². The summed E-state index contributed by atoms with van der Waals surface area (Å²) in [4.78, 5) is 10.8. The van der Waals surface area contributed by atoms with E-state index in [4.69, 9.17) is 10.2 Å². The molecular weight excluding hydrogens is 262 g/mol. The topological polar surface area (TPSA) is 132 Å². The van der Waals surface area contributed by atoms with Crippen LogP contribution in [0.5, 0.6) is 0 Å². The molecule has 0 radical (unpaired) electrons. The fourth-order valence-electron chi connectivity index (χ4n) is 1.28. The number of H-pyrrole nitrogens is 1. The van der Waals surface area contributed by atoms with Crippen LogP contribution in [-0.2, 0) is 10.0 Å². The SMILES string of the molecule is CC(CCO)CNS(=O)(=O)c1[nH]ncc1C(=O)O. The summed E-state index contributed by atoms with van der Waals surface area (Å²) in [6, 6.07) is 0. The maximum atomic E-state index is 11.8. The third kappa shape index (κ3) is 3.52. The Kier molecular flexibility index (Phi) is 4.82. The van der Waals surface area contributed by atoms with Crippen molar-refractivity contribution >= 4 is 16.0 Å². The highest BCUT2D eigenvalue weighted by Crippen LogP contribution is 2.12. The lowest BCUT2D eigenvalue weighted by Gasteiger charge is -2.11. The Morgan fingerprint density at radius 3 is 2.83 bits per heavy atom. The summed E-state index contributed by atoms with van der Waals surface area (Å²) in [5.41, 5.74) is -0.405.